The molecule has 0 amide bonds. The van der Waals surface area contributed by atoms with E-state index in [1.54, 1.807) is 18.2 Å². The van der Waals surface area contributed by atoms with Gasteiger partial charge in [0.15, 0.2) is 0 Å². The maximum atomic E-state index is 13.7. The highest BCUT2D eigenvalue weighted by atomic mass is 19.1. The summed E-state index contributed by atoms with van der Waals surface area (Å²) in [5.74, 6) is -3.64. The van der Waals surface area contributed by atoms with Crippen molar-refractivity contribution in [1.29, 1.82) is 0 Å². The molecular formula is C20H15BF4O4. The van der Waals surface area contributed by atoms with Gasteiger partial charge in [0.25, 0.3) is 0 Å². The SMILES string of the molecule is COC(=O)c1ccccc1-c1ccc(F)cc1F.OB(O)c1ccc(F)cc1F. The number of esters is 1. The van der Waals surface area contributed by atoms with E-state index in [0.717, 1.165) is 24.3 Å². The van der Waals surface area contributed by atoms with Gasteiger partial charge in [-0.2, -0.15) is 0 Å². The summed E-state index contributed by atoms with van der Waals surface area (Å²) in [6.07, 6.45) is 0. The predicted molar refractivity (Wildman–Crippen MR) is 99.3 cm³/mol. The standard InChI is InChI=1S/C14H10F2O2.C6H5BF2O2/c1-18-14(17)12-5-3-2-4-10(12)11-7-6-9(15)8-13(11)16;8-4-1-2-5(7(10)11)6(9)3-4/h2-8H,1H3;1-3,10-11H. The zero-order valence-electron chi connectivity index (χ0n) is 15.1. The second-order valence-corrected chi connectivity index (χ2v) is 5.70. The minimum atomic E-state index is -1.89. The lowest BCUT2D eigenvalue weighted by molar-refractivity contribution is 0.0601. The Morgan fingerprint density at radius 3 is 1.97 bits per heavy atom. The summed E-state index contributed by atoms with van der Waals surface area (Å²) in [7, 11) is -0.643. The highest BCUT2D eigenvalue weighted by molar-refractivity contribution is 6.58. The molecule has 0 radical (unpaired) electrons. The van der Waals surface area contributed by atoms with Gasteiger partial charge in [0.05, 0.1) is 12.7 Å². The lowest BCUT2D eigenvalue weighted by atomic mass is 9.80. The largest absolute Gasteiger partial charge is 0.491 e. The molecule has 150 valence electrons. The Hall–Kier alpha value is -3.17. The Labute approximate surface area is 164 Å². The van der Waals surface area contributed by atoms with Crippen LogP contribution in [0.15, 0.2) is 60.7 Å². The van der Waals surface area contributed by atoms with Crippen LogP contribution in [0.4, 0.5) is 17.6 Å². The number of methoxy groups -OCH3 is 1. The van der Waals surface area contributed by atoms with Gasteiger partial charge in [-0.25, -0.2) is 22.4 Å². The Bertz CT molecular complexity index is 1010. The number of halogens is 4. The van der Waals surface area contributed by atoms with E-state index in [2.05, 4.69) is 4.74 Å². The lowest BCUT2D eigenvalue weighted by Crippen LogP contribution is -2.32. The molecule has 0 saturated carbocycles. The van der Waals surface area contributed by atoms with Crippen LogP contribution in [-0.4, -0.2) is 30.2 Å². The van der Waals surface area contributed by atoms with Crippen LogP contribution < -0.4 is 5.46 Å². The first-order valence-electron chi connectivity index (χ1n) is 8.18. The molecule has 3 aromatic rings. The van der Waals surface area contributed by atoms with Crippen LogP contribution >= 0.6 is 0 Å². The topological polar surface area (TPSA) is 66.8 Å². The normalized spacial score (nSPS) is 10.0. The maximum absolute atomic E-state index is 13.7. The van der Waals surface area contributed by atoms with Crippen molar-refractivity contribution in [2.75, 3.05) is 7.11 Å². The number of carbonyl (C=O) groups excluding carboxylic acids is 1. The molecule has 9 heteroatoms. The van der Waals surface area contributed by atoms with Gasteiger partial charge < -0.3 is 14.8 Å². The average Bonchev–Trinajstić information content (AvgIpc) is 2.67. The fourth-order valence-corrected chi connectivity index (χ4v) is 2.42. The van der Waals surface area contributed by atoms with E-state index in [4.69, 9.17) is 10.0 Å². The van der Waals surface area contributed by atoms with Crippen molar-refractivity contribution in [2.45, 2.75) is 0 Å². The van der Waals surface area contributed by atoms with Crippen LogP contribution in [-0.2, 0) is 4.74 Å². The number of rotatable bonds is 3. The van der Waals surface area contributed by atoms with E-state index in [9.17, 15) is 22.4 Å². The van der Waals surface area contributed by atoms with Crippen molar-refractivity contribution < 1.29 is 37.1 Å². The van der Waals surface area contributed by atoms with E-state index < -0.39 is 36.4 Å². The third-order valence-corrected chi connectivity index (χ3v) is 3.79. The Morgan fingerprint density at radius 2 is 1.41 bits per heavy atom. The molecule has 0 saturated heterocycles. The quantitative estimate of drug-likeness (QED) is 0.399. The van der Waals surface area contributed by atoms with Crippen molar-refractivity contribution in [2.24, 2.45) is 0 Å². The van der Waals surface area contributed by atoms with E-state index >= 15 is 0 Å². The zero-order chi connectivity index (χ0) is 21.6. The molecule has 3 rings (SSSR count). The molecule has 0 fully saturated rings. The smallest absolute Gasteiger partial charge is 0.465 e. The van der Waals surface area contributed by atoms with Crippen molar-refractivity contribution in [3.05, 3.63) is 89.5 Å². The van der Waals surface area contributed by atoms with Crippen molar-refractivity contribution in [1.82, 2.24) is 0 Å². The monoisotopic (exact) mass is 406 g/mol. The number of hydrogen-bond acceptors (Lipinski definition) is 4. The van der Waals surface area contributed by atoms with E-state index in [1.807, 2.05) is 0 Å². The summed E-state index contributed by atoms with van der Waals surface area (Å²) in [6, 6.07) is 12.2. The second kappa shape index (κ2) is 9.86. The van der Waals surface area contributed by atoms with Gasteiger partial charge >= 0.3 is 13.1 Å². The third-order valence-electron chi connectivity index (χ3n) is 3.79. The first kappa shape index (κ1) is 22.1. The molecule has 0 heterocycles. The minimum Gasteiger partial charge on any atom is -0.465 e. The molecule has 0 atom stereocenters. The average molecular weight is 406 g/mol. The van der Waals surface area contributed by atoms with Gasteiger partial charge in [-0.1, -0.05) is 24.3 Å². The first-order valence-corrected chi connectivity index (χ1v) is 8.18. The van der Waals surface area contributed by atoms with Crippen LogP contribution in [0.3, 0.4) is 0 Å². The lowest BCUT2D eigenvalue weighted by Gasteiger charge is -2.08. The summed E-state index contributed by atoms with van der Waals surface area (Å²) >= 11 is 0. The predicted octanol–water partition coefficient (Wildman–Crippen LogP) is 3.06. The van der Waals surface area contributed by atoms with E-state index in [0.29, 0.717) is 11.6 Å². The summed E-state index contributed by atoms with van der Waals surface area (Å²) in [5, 5.41) is 17.0. The van der Waals surface area contributed by atoms with Gasteiger partial charge in [-0.05, 0) is 29.8 Å². The molecule has 3 aromatic carbocycles. The molecule has 0 aliphatic heterocycles. The van der Waals surface area contributed by atoms with Crippen LogP contribution in [0.2, 0.25) is 0 Å². The third kappa shape index (κ3) is 5.66. The van der Waals surface area contributed by atoms with Crippen molar-refractivity contribution in [3.8, 4) is 11.1 Å². The summed E-state index contributed by atoms with van der Waals surface area (Å²) in [4.78, 5) is 11.6. The molecular weight excluding hydrogens is 391 g/mol. The summed E-state index contributed by atoms with van der Waals surface area (Å²) in [5.41, 5.74) is 0.455. The molecule has 2 N–H and O–H groups in total. The first-order chi connectivity index (χ1) is 13.7. The molecule has 0 spiro atoms. The van der Waals surface area contributed by atoms with Crippen LogP contribution in [0.5, 0.6) is 0 Å². The maximum Gasteiger partial charge on any atom is 0.491 e. The van der Waals surface area contributed by atoms with Gasteiger partial charge in [0.1, 0.15) is 23.3 Å². The highest BCUT2D eigenvalue weighted by Gasteiger charge is 2.16. The number of ether oxygens (including phenoxy) is 1. The van der Waals surface area contributed by atoms with Crippen molar-refractivity contribution >= 4 is 18.6 Å². The molecule has 0 aliphatic carbocycles. The zero-order valence-corrected chi connectivity index (χ0v) is 15.1. The highest BCUT2D eigenvalue weighted by Crippen LogP contribution is 2.27. The fraction of sp³-hybridized carbons (Fsp3) is 0.0500. The van der Waals surface area contributed by atoms with Crippen LogP contribution in [0.1, 0.15) is 10.4 Å². The second-order valence-electron chi connectivity index (χ2n) is 5.70. The van der Waals surface area contributed by atoms with E-state index in [1.165, 1.54) is 19.2 Å². The number of hydrogen-bond donors (Lipinski definition) is 2. The Morgan fingerprint density at radius 1 is 0.828 bits per heavy atom. The number of benzene rings is 3. The van der Waals surface area contributed by atoms with Gasteiger partial charge in [0, 0.05) is 23.2 Å². The van der Waals surface area contributed by atoms with Crippen LogP contribution in [0.25, 0.3) is 11.1 Å². The summed E-state index contributed by atoms with van der Waals surface area (Å²) in [6.45, 7) is 0. The molecule has 0 bridgehead atoms. The van der Waals surface area contributed by atoms with Crippen LogP contribution in [0, 0.1) is 23.3 Å². The van der Waals surface area contributed by atoms with Gasteiger partial charge in [-0.15, -0.1) is 0 Å². The molecule has 0 aliphatic rings. The van der Waals surface area contributed by atoms with Crippen molar-refractivity contribution in [3.63, 3.8) is 0 Å². The van der Waals surface area contributed by atoms with Gasteiger partial charge in [0.2, 0.25) is 0 Å². The number of carbonyl (C=O) groups is 1. The van der Waals surface area contributed by atoms with Gasteiger partial charge in [-0.3, -0.25) is 0 Å². The molecule has 4 nitrogen and oxygen atoms in total. The molecule has 0 aromatic heterocycles. The fourth-order valence-electron chi connectivity index (χ4n) is 2.42. The molecule has 29 heavy (non-hydrogen) atoms. The minimum absolute atomic E-state index is 0.164. The summed E-state index contributed by atoms with van der Waals surface area (Å²) < 4.78 is 55.9. The molecule has 0 unspecified atom stereocenters. The Kier molecular flexibility index (Phi) is 7.52. The Balaban J connectivity index is 0.000000234. The van der Waals surface area contributed by atoms with E-state index in [-0.39, 0.29) is 16.6 Å².